The molecule has 0 spiro atoms. The second-order valence-corrected chi connectivity index (χ2v) is 7.44. The van der Waals surface area contributed by atoms with E-state index >= 15 is 0 Å². The Labute approximate surface area is 169 Å². The summed E-state index contributed by atoms with van der Waals surface area (Å²) in [6.45, 7) is 5.12. The minimum Gasteiger partial charge on any atom is -0.378 e. The van der Waals surface area contributed by atoms with Gasteiger partial charge >= 0.3 is 0 Å². The molecule has 150 valence electrons. The Morgan fingerprint density at radius 1 is 1.03 bits per heavy atom. The largest absolute Gasteiger partial charge is 0.378 e. The van der Waals surface area contributed by atoms with Gasteiger partial charge in [-0.3, -0.25) is 9.88 Å². The van der Waals surface area contributed by atoms with Gasteiger partial charge in [-0.15, -0.1) is 0 Å². The lowest BCUT2D eigenvalue weighted by atomic mass is 10.2. The summed E-state index contributed by atoms with van der Waals surface area (Å²) < 4.78 is 11.1. The highest BCUT2D eigenvalue weighted by molar-refractivity contribution is 5.56. The first-order valence-corrected chi connectivity index (χ1v) is 10.1. The molecule has 1 unspecified atom stereocenters. The van der Waals surface area contributed by atoms with E-state index in [1.165, 1.54) is 5.56 Å². The van der Waals surface area contributed by atoms with E-state index in [9.17, 15) is 0 Å². The van der Waals surface area contributed by atoms with Crippen molar-refractivity contribution in [1.29, 1.82) is 0 Å². The van der Waals surface area contributed by atoms with E-state index in [2.05, 4.69) is 37.1 Å². The van der Waals surface area contributed by atoms with Crippen LogP contribution in [0, 0.1) is 0 Å². The molecule has 1 atom stereocenters. The molecule has 29 heavy (non-hydrogen) atoms. The Morgan fingerprint density at radius 3 is 2.69 bits per heavy atom. The van der Waals surface area contributed by atoms with Gasteiger partial charge < -0.3 is 14.2 Å². The zero-order chi connectivity index (χ0) is 19.5. The summed E-state index contributed by atoms with van der Waals surface area (Å²) in [5.74, 6) is 2.24. The topological polar surface area (TPSA) is 80.4 Å². The number of pyridine rings is 2. The van der Waals surface area contributed by atoms with Crippen molar-refractivity contribution in [1.82, 2.24) is 25.0 Å². The fraction of sp³-hybridized carbons (Fsp3) is 0.429. The van der Waals surface area contributed by atoms with Crippen LogP contribution < -0.4 is 4.90 Å². The molecule has 2 fully saturated rings. The molecule has 2 aliphatic rings. The summed E-state index contributed by atoms with van der Waals surface area (Å²) in [6, 6.07) is 8.29. The fourth-order valence-corrected chi connectivity index (χ4v) is 4.00. The van der Waals surface area contributed by atoms with Crippen molar-refractivity contribution in [2.45, 2.75) is 25.4 Å². The van der Waals surface area contributed by atoms with Crippen molar-refractivity contribution in [3.63, 3.8) is 0 Å². The van der Waals surface area contributed by atoms with E-state index in [1.807, 2.05) is 30.7 Å². The number of aromatic nitrogens is 4. The molecule has 0 bridgehead atoms. The number of nitrogens with zero attached hydrogens (tertiary/aromatic N) is 6. The third kappa shape index (κ3) is 3.99. The van der Waals surface area contributed by atoms with E-state index < -0.39 is 0 Å². The summed E-state index contributed by atoms with van der Waals surface area (Å²) in [5, 5.41) is 4.22. The maximum atomic E-state index is 5.65. The van der Waals surface area contributed by atoms with Crippen LogP contribution in [0.5, 0.6) is 0 Å². The minimum atomic E-state index is 0.157. The molecule has 0 radical (unpaired) electrons. The van der Waals surface area contributed by atoms with E-state index in [-0.39, 0.29) is 6.04 Å². The van der Waals surface area contributed by atoms with Crippen LogP contribution in [0.15, 0.2) is 47.4 Å². The molecular formula is C21H24N6O2. The number of hydrogen-bond acceptors (Lipinski definition) is 8. The summed E-state index contributed by atoms with van der Waals surface area (Å²) in [6.07, 6.45) is 7.64. The lowest BCUT2D eigenvalue weighted by molar-refractivity contribution is 0.122. The summed E-state index contributed by atoms with van der Waals surface area (Å²) in [7, 11) is 0. The lowest BCUT2D eigenvalue weighted by Crippen LogP contribution is -2.36. The maximum Gasteiger partial charge on any atom is 0.244 e. The van der Waals surface area contributed by atoms with Gasteiger partial charge in [0.2, 0.25) is 11.7 Å². The van der Waals surface area contributed by atoms with Gasteiger partial charge in [-0.05, 0) is 49.2 Å². The highest BCUT2D eigenvalue weighted by Gasteiger charge is 2.30. The van der Waals surface area contributed by atoms with Crippen LogP contribution >= 0.6 is 0 Å². The van der Waals surface area contributed by atoms with Gasteiger partial charge in [0.1, 0.15) is 5.82 Å². The van der Waals surface area contributed by atoms with Crippen LogP contribution in [0.3, 0.4) is 0 Å². The molecule has 0 saturated carbocycles. The lowest BCUT2D eigenvalue weighted by Gasteiger charge is -2.27. The predicted octanol–water partition coefficient (Wildman–Crippen LogP) is 2.70. The average molecular weight is 392 g/mol. The van der Waals surface area contributed by atoms with Crippen LogP contribution in [0.4, 0.5) is 5.82 Å². The molecule has 0 aromatic carbocycles. The van der Waals surface area contributed by atoms with Crippen LogP contribution in [-0.4, -0.2) is 57.9 Å². The van der Waals surface area contributed by atoms with E-state index in [0.717, 1.165) is 63.6 Å². The summed E-state index contributed by atoms with van der Waals surface area (Å²) in [5.41, 5.74) is 2.12. The number of ether oxygens (including phenoxy) is 1. The van der Waals surface area contributed by atoms with E-state index in [0.29, 0.717) is 11.7 Å². The molecule has 5 heterocycles. The molecule has 2 saturated heterocycles. The molecule has 0 aliphatic carbocycles. The minimum absolute atomic E-state index is 0.157. The van der Waals surface area contributed by atoms with Crippen LogP contribution in [0.2, 0.25) is 0 Å². The molecule has 5 rings (SSSR count). The number of likely N-dealkylation sites (tertiary alicyclic amines) is 1. The van der Waals surface area contributed by atoms with Gasteiger partial charge in [0, 0.05) is 43.8 Å². The third-order valence-electron chi connectivity index (χ3n) is 5.57. The Bertz CT molecular complexity index is 924. The van der Waals surface area contributed by atoms with Gasteiger partial charge in [-0.2, -0.15) is 4.98 Å². The van der Waals surface area contributed by atoms with Gasteiger partial charge in [0.05, 0.1) is 19.3 Å². The van der Waals surface area contributed by atoms with Gasteiger partial charge in [0.25, 0.3) is 0 Å². The smallest absolute Gasteiger partial charge is 0.244 e. The second-order valence-electron chi connectivity index (χ2n) is 7.44. The predicted molar refractivity (Wildman–Crippen MR) is 107 cm³/mol. The summed E-state index contributed by atoms with van der Waals surface area (Å²) in [4.78, 5) is 18.0. The number of anilines is 1. The maximum absolute atomic E-state index is 5.65. The van der Waals surface area contributed by atoms with Crippen molar-refractivity contribution in [2.24, 2.45) is 0 Å². The SMILES string of the molecule is c1cc(CN2CCCC2c2nc(-c3ccc(N4CCOCC4)nc3)no2)ccn1. The molecule has 8 heteroatoms. The molecule has 3 aromatic rings. The van der Waals surface area contributed by atoms with Crippen LogP contribution in [0.1, 0.15) is 30.3 Å². The van der Waals surface area contributed by atoms with Crippen molar-refractivity contribution in [3.8, 4) is 11.4 Å². The van der Waals surface area contributed by atoms with Gasteiger partial charge in [-0.25, -0.2) is 4.98 Å². The van der Waals surface area contributed by atoms with E-state index in [1.54, 1.807) is 0 Å². The number of morpholine rings is 1. The highest BCUT2D eigenvalue weighted by Crippen LogP contribution is 2.33. The zero-order valence-electron chi connectivity index (χ0n) is 16.3. The van der Waals surface area contributed by atoms with Crippen LogP contribution in [-0.2, 0) is 11.3 Å². The Morgan fingerprint density at radius 2 is 1.90 bits per heavy atom. The quantitative estimate of drug-likeness (QED) is 0.656. The number of hydrogen-bond donors (Lipinski definition) is 0. The van der Waals surface area contributed by atoms with Crippen molar-refractivity contribution in [2.75, 3.05) is 37.7 Å². The Kier molecular flexibility index (Phi) is 5.19. The normalized spacial score (nSPS) is 20.3. The highest BCUT2D eigenvalue weighted by atomic mass is 16.5. The molecular weight excluding hydrogens is 368 g/mol. The zero-order valence-corrected chi connectivity index (χ0v) is 16.3. The molecule has 0 amide bonds. The van der Waals surface area contributed by atoms with Gasteiger partial charge in [-0.1, -0.05) is 5.16 Å². The Hall–Kier alpha value is -2.84. The molecule has 3 aromatic heterocycles. The Balaban J connectivity index is 1.29. The van der Waals surface area contributed by atoms with Gasteiger partial charge in [0.15, 0.2) is 0 Å². The first kappa shape index (κ1) is 18.2. The molecule has 8 nitrogen and oxygen atoms in total. The second kappa shape index (κ2) is 8.26. The monoisotopic (exact) mass is 392 g/mol. The summed E-state index contributed by atoms with van der Waals surface area (Å²) >= 11 is 0. The van der Waals surface area contributed by atoms with Crippen LogP contribution in [0.25, 0.3) is 11.4 Å². The number of rotatable bonds is 5. The first-order chi connectivity index (χ1) is 14.4. The molecule has 0 N–H and O–H groups in total. The van der Waals surface area contributed by atoms with Crippen molar-refractivity contribution < 1.29 is 9.26 Å². The third-order valence-corrected chi connectivity index (χ3v) is 5.57. The standard InChI is InChI=1S/C21H24N6O2/c1-2-18(27(9-1)15-16-5-7-22-8-6-16)21-24-20(25-29-21)17-3-4-19(23-14-17)26-10-12-28-13-11-26/h3-8,14,18H,1-2,9-13,15H2. The van der Waals surface area contributed by atoms with Crippen molar-refractivity contribution >= 4 is 5.82 Å². The first-order valence-electron chi connectivity index (χ1n) is 10.1. The van der Waals surface area contributed by atoms with Crippen molar-refractivity contribution in [3.05, 3.63) is 54.3 Å². The average Bonchev–Trinajstić information content (AvgIpc) is 3.45. The fourth-order valence-electron chi connectivity index (χ4n) is 4.00. The molecule has 2 aliphatic heterocycles. The van der Waals surface area contributed by atoms with E-state index in [4.69, 9.17) is 14.2 Å².